The molecule has 5 atom stereocenters. The number of aliphatic hydroxyl groups is 4. The van der Waals surface area contributed by atoms with Crippen LogP contribution in [-0.4, -0.2) is 85.7 Å². The quantitative estimate of drug-likeness (QED) is 0.375. The lowest BCUT2D eigenvalue weighted by atomic mass is 9.94. The third kappa shape index (κ3) is 4.00. The third-order valence-electron chi connectivity index (χ3n) is 4.82. The van der Waals surface area contributed by atoms with Gasteiger partial charge in [0, 0.05) is 12.5 Å². The number of hydrogen-bond donors (Lipinski definition) is 5. The molecule has 0 aromatic rings. The fraction of sp³-hybridized carbons (Fsp3) is 0.765. The Morgan fingerprint density at radius 3 is 2.30 bits per heavy atom. The van der Waals surface area contributed by atoms with Crippen molar-refractivity contribution in [3.05, 3.63) is 11.6 Å². The van der Waals surface area contributed by atoms with Gasteiger partial charge in [-0.05, 0) is 27.7 Å². The van der Waals surface area contributed by atoms with Crippen LogP contribution in [0.3, 0.4) is 0 Å². The predicted molar refractivity (Wildman–Crippen MR) is 91.8 cm³/mol. The van der Waals surface area contributed by atoms with Crippen LogP contribution >= 0.6 is 0 Å². The number of rotatable bonds is 4. The van der Waals surface area contributed by atoms with Gasteiger partial charge in [0.05, 0.1) is 17.7 Å². The summed E-state index contributed by atoms with van der Waals surface area (Å²) in [6.45, 7) is 7.60. The number of carbonyl (C=O) groups excluding carboxylic acids is 2. The first-order chi connectivity index (χ1) is 12.3. The van der Waals surface area contributed by atoms with Gasteiger partial charge in [-0.15, -0.1) is 5.06 Å². The summed E-state index contributed by atoms with van der Waals surface area (Å²) < 4.78 is 5.30. The van der Waals surface area contributed by atoms with E-state index >= 15 is 0 Å². The second-order valence-corrected chi connectivity index (χ2v) is 7.87. The molecule has 10 nitrogen and oxygen atoms in total. The smallest absolute Gasteiger partial charge is 0.322 e. The Kier molecular flexibility index (Phi) is 6.00. The summed E-state index contributed by atoms with van der Waals surface area (Å²) in [5, 5.41) is 42.9. The molecule has 0 unspecified atom stereocenters. The van der Waals surface area contributed by atoms with Gasteiger partial charge in [0.25, 0.3) is 5.91 Å². The second-order valence-electron chi connectivity index (χ2n) is 7.87. The van der Waals surface area contributed by atoms with E-state index in [-0.39, 0.29) is 5.57 Å². The molecular weight excluding hydrogens is 360 g/mol. The number of carbonyl (C=O) groups is 2. The molecule has 1 amide bonds. The molecule has 0 aliphatic carbocycles. The van der Waals surface area contributed by atoms with Gasteiger partial charge in [-0.1, -0.05) is 6.08 Å². The van der Waals surface area contributed by atoms with Crippen molar-refractivity contribution in [1.82, 2.24) is 10.4 Å². The largest absolute Gasteiger partial charge is 0.394 e. The zero-order valence-corrected chi connectivity index (χ0v) is 16.0. The fourth-order valence-electron chi connectivity index (χ4n) is 3.55. The van der Waals surface area contributed by atoms with Gasteiger partial charge in [0.1, 0.15) is 24.4 Å². The van der Waals surface area contributed by atoms with E-state index in [0.717, 1.165) is 0 Å². The average molecular weight is 388 g/mol. The van der Waals surface area contributed by atoms with Crippen LogP contribution in [0.15, 0.2) is 11.6 Å². The van der Waals surface area contributed by atoms with Crippen molar-refractivity contribution in [1.29, 1.82) is 0 Å². The minimum absolute atomic E-state index is 0.269. The van der Waals surface area contributed by atoms with Gasteiger partial charge in [0.2, 0.25) is 0 Å². The lowest BCUT2D eigenvalue weighted by Gasteiger charge is -2.41. The summed E-state index contributed by atoms with van der Waals surface area (Å²) in [6.07, 6.45) is -5.53. The van der Waals surface area contributed by atoms with Gasteiger partial charge in [-0.2, -0.15) is 0 Å². The van der Waals surface area contributed by atoms with E-state index in [4.69, 9.17) is 9.57 Å². The lowest BCUT2D eigenvalue weighted by molar-refractivity contribution is -0.236. The lowest BCUT2D eigenvalue weighted by Crippen LogP contribution is -2.63. The Balaban J connectivity index is 2.21. The highest BCUT2D eigenvalue weighted by molar-refractivity contribution is 5.96. The number of nitrogens with zero attached hydrogens (tertiary/aromatic N) is 1. The highest BCUT2D eigenvalue weighted by atomic mass is 16.7. The van der Waals surface area contributed by atoms with E-state index in [0.29, 0.717) is 0 Å². The van der Waals surface area contributed by atoms with Crippen LogP contribution in [0, 0.1) is 0 Å². The normalized spacial score (nSPS) is 35.4. The van der Waals surface area contributed by atoms with Gasteiger partial charge in [-0.3, -0.25) is 9.59 Å². The van der Waals surface area contributed by atoms with E-state index < -0.39 is 60.2 Å². The second kappa shape index (κ2) is 7.46. The van der Waals surface area contributed by atoms with E-state index in [2.05, 4.69) is 5.32 Å². The van der Waals surface area contributed by atoms with E-state index in [1.165, 1.54) is 12.0 Å². The third-order valence-corrected chi connectivity index (χ3v) is 4.82. The van der Waals surface area contributed by atoms with Crippen molar-refractivity contribution in [3.8, 4) is 0 Å². The molecule has 2 aliphatic heterocycles. The standard InChI is InChI=1S/C17H28N2O8/c1-8(21)27-19-16(2,3)6-9(17(19,4)5)14(25)18-15-13(24)12(23)11(22)10(7-20)26-15/h6,10-13,15,20,22-24H,7H2,1-5H3,(H,18,25)/t10-,11-,12+,13-,15+/m1/s1. The van der Waals surface area contributed by atoms with Crippen molar-refractivity contribution in [2.24, 2.45) is 0 Å². The monoisotopic (exact) mass is 388 g/mol. The highest BCUT2D eigenvalue weighted by Crippen LogP contribution is 2.40. The number of amides is 1. The summed E-state index contributed by atoms with van der Waals surface area (Å²) >= 11 is 0. The predicted octanol–water partition coefficient (Wildman–Crippen LogP) is -1.82. The summed E-state index contributed by atoms with van der Waals surface area (Å²) in [5.41, 5.74) is -1.48. The Labute approximate surface area is 157 Å². The molecule has 10 heteroatoms. The first kappa shape index (κ1) is 21.7. The molecule has 5 N–H and O–H groups in total. The molecule has 1 fully saturated rings. The van der Waals surface area contributed by atoms with Crippen LogP contribution in [0.5, 0.6) is 0 Å². The fourth-order valence-corrected chi connectivity index (χ4v) is 3.55. The van der Waals surface area contributed by atoms with Gasteiger partial charge >= 0.3 is 5.97 Å². The van der Waals surface area contributed by atoms with Gasteiger partial charge < -0.3 is 35.3 Å². The van der Waals surface area contributed by atoms with Crippen LogP contribution in [0.2, 0.25) is 0 Å². The first-order valence-corrected chi connectivity index (χ1v) is 8.66. The van der Waals surface area contributed by atoms with Crippen LogP contribution < -0.4 is 5.32 Å². The summed E-state index contributed by atoms with van der Waals surface area (Å²) in [4.78, 5) is 29.5. The van der Waals surface area contributed by atoms with E-state index in [9.17, 15) is 30.0 Å². The minimum atomic E-state index is -1.60. The maximum absolute atomic E-state index is 12.8. The Morgan fingerprint density at radius 2 is 1.78 bits per heavy atom. The van der Waals surface area contributed by atoms with Crippen LogP contribution in [0.1, 0.15) is 34.6 Å². The van der Waals surface area contributed by atoms with Crippen molar-refractivity contribution in [2.75, 3.05) is 6.61 Å². The zero-order chi connectivity index (χ0) is 20.7. The van der Waals surface area contributed by atoms with Gasteiger partial charge in [0.15, 0.2) is 6.23 Å². The summed E-state index contributed by atoms with van der Waals surface area (Å²) in [7, 11) is 0. The number of aliphatic hydroxyl groups excluding tert-OH is 4. The summed E-state index contributed by atoms with van der Waals surface area (Å²) in [5.74, 6) is -1.13. The molecule has 0 bridgehead atoms. The Bertz CT molecular complexity index is 630. The molecule has 0 aromatic heterocycles. The first-order valence-electron chi connectivity index (χ1n) is 8.66. The topological polar surface area (TPSA) is 149 Å². The maximum Gasteiger partial charge on any atom is 0.322 e. The van der Waals surface area contributed by atoms with Crippen LogP contribution in [-0.2, 0) is 19.2 Å². The van der Waals surface area contributed by atoms with Crippen molar-refractivity contribution in [2.45, 2.75) is 76.3 Å². The maximum atomic E-state index is 12.8. The molecule has 2 heterocycles. The van der Waals surface area contributed by atoms with Gasteiger partial charge in [-0.25, -0.2) is 0 Å². The molecule has 0 aromatic carbocycles. The molecular formula is C17H28N2O8. The van der Waals surface area contributed by atoms with Crippen molar-refractivity contribution >= 4 is 11.9 Å². The number of hydrogen-bond acceptors (Lipinski definition) is 9. The molecule has 154 valence electrons. The zero-order valence-electron chi connectivity index (χ0n) is 16.0. The average Bonchev–Trinajstić information content (AvgIpc) is 2.74. The minimum Gasteiger partial charge on any atom is -0.394 e. The Morgan fingerprint density at radius 1 is 1.19 bits per heavy atom. The number of ether oxygens (including phenoxy) is 1. The summed E-state index contributed by atoms with van der Waals surface area (Å²) in [6, 6.07) is 0. The highest BCUT2D eigenvalue weighted by Gasteiger charge is 2.52. The van der Waals surface area contributed by atoms with Crippen molar-refractivity contribution < 1.29 is 39.6 Å². The number of hydroxylamine groups is 2. The molecule has 2 aliphatic rings. The molecule has 27 heavy (non-hydrogen) atoms. The van der Waals surface area contributed by atoms with E-state index in [1.807, 2.05) is 0 Å². The molecule has 2 rings (SSSR count). The number of nitrogens with one attached hydrogen (secondary N) is 1. The van der Waals surface area contributed by atoms with Crippen LogP contribution in [0.4, 0.5) is 0 Å². The van der Waals surface area contributed by atoms with Crippen molar-refractivity contribution in [3.63, 3.8) is 0 Å². The molecule has 0 radical (unpaired) electrons. The molecule has 1 saturated heterocycles. The molecule has 0 spiro atoms. The SMILES string of the molecule is CC(=O)ON1C(C)(C)C=C(C(=O)N[C@H]2O[C@H](CO)[C@@H](O)[C@H](O)[C@H]2O)C1(C)C. The Hall–Kier alpha value is -1.56. The van der Waals surface area contributed by atoms with Crippen LogP contribution in [0.25, 0.3) is 0 Å². The van der Waals surface area contributed by atoms with E-state index in [1.54, 1.807) is 33.8 Å². The molecule has 0 saturated carbocycles.